The first-order valence-corrected chi connectivity index (χ1v) is 8.34. The van der Waals surface area contributed by atoms with E-state index in [1.165, 1.54) is 29.5 Å². The van der Waals surface area contributed by atoms with Crippen LogP contribution in [0.3, 0.4) is 0 Å². The Balaban J connectivity index is 1.71. The third-order valence-electron chi connectivity index (χ3n) is 4.08. The lowest BCUT2D eigenvalue weighted by molar-refractivity contribution is 0.510. The predicted octanol–water partition coefficient (Wildman–Crippen LogP) is 4.20. The Kier molecular flexibility index (Phi) is 4.44. The van der Waals surface area contributed by atoms with Crippen LogP contribution >= 0.6 is 11.8 Å². The number of aryl methyl sites for hydroxylation is 1. The van der Waals surface area contributed by atoms with Crippen LogP contribution in [0, 0.1) is 0 Å². The van der Waals surface area contributed by atoms with Gasteiger partial charge < -0.3 is 5.32 Å². The molecule has 2 unspecified atom stereocenters. The molecule has 20 heavy (non-hydrogen) atoms. The van der Waals surface area contributed by atoms with Gasteiger partial charge in [0, 0.05) is 17.0 Å². The van der Waals surface area contributed by atoms with Crippen LogP contribution in [-0.2, 0) is 12.2 Å². The molecular weight excluding hydrogens is 262 g/mol. The first-order valence-electron chi connectivity index (χ1n) is 7.29. The Hall–Kier alpha value is -1.25. The molecule has 3 rings (SSSR count). The molecule has 2 aromatic carbocycles. The second-order valence-electron chi connectivity index (χ2n) is 5.34. The molecular formula is C18H21NS. The first-order chi connectivity index (χ1) is 9.88. The van der Waals surface area contributed by atoms with Gasteiger partial charge in [-0.15, -0.1) is 0 Å². The van der Waals surface area contributed by atoms with Gasteiger partial charge in [0.05, 0.1) is 0 Å². The number of rotatable bonds is 4. The van der Waals surface area contributed by atoms with Crippen LogP contribution in [0.15, 0.2) is 54.6 Å². The minimum absolute atomic E-state index is 0.480. The Morgan fingerprint density at radius 3 is 2.60 bits per heavy atom. The Morgan fingerprint density at radius 1 is 1.05 bits per heavy atom. The van der Waals surface area contributed by atoms with Gasteiger partial charge in [-0.3, -0.25) is 0 Å². The predicted molar refractivity (Wildman–Crippen MR) is 88.1 cm³/mol. The fraction of sp³-hybridized carbons (Fsp3) is 0.333. The normalized spacial score (nSPS) is 21.4. The fourth-order valence-corrected chi connectivity index (χ4v) is 4.39. The smallest absolute Gasteiger partial charge is 0.0441 e. The van der Waals surface area contributed by atoms with Crippen molar-refractivity contribution in [2.75, 3.05) is 7.05 Å². The van der Waals surface area contributed by atoms with Gasteiger partial charge in [-0.1, -0.05) is 54.6 Å². The van der Waals surface area contributed by atoms with Crippen molar-refractivity contribution in [1.82, 2.24) is 5.32 Å². The molecule has 0 radical (unpaired) electrons. The highest BCUT2D eigenvalue weighted by Gasteiger charge is 2.28. The molecule has 1 N–H and O–H groups in total. The van der Waals surface area contributed by atoms with E-state index in [0.29, 0.717) is 11.3 Å². The van der Waals surface area contributed by atoms with Gasteiger partial charge in [-0.2, -0.15) is 11.8 Å². The van der Waals surface area contributed by atoms with Crippen molar-refractivity contribution in [3.63, 3.8) is 0 Å². The monoisotopic (exact) mass is 283 g/mol. The molecule has 1 aliphatic carbocycles. The highest BCUT2D eigenvalue weighted by atomic mass is 32.2. The molecule has 0 heterocycles. The third kappa shape index (κ3) is 2.92. The van der Waals surface area contributed by atoms with Crippen LogP contribution in [0.25, 0.3) is 0 Å². The molecule has 1 nitrogen and oxygen atoms in total. The molecule has 0 saturated carbocycles. The summed E-state index contributed by atoms with van der Waals surface area (Å²) in [4.78, 5) is 0. The van der Waals surface area contributed by atoms with Gasteiger partial charge in [0.2, 0.25) is 0 Å². The van der Waals surface area contributed by atoms with Gasteiger partial charge in [-0.05, 0) is 36.6 Å². The van der Waals surface area contributed by atoms with Gasteiger partial charge in [-0.25, -0.2) is 0 Å². The van der Waals surface area contributed by atoms with E-state index < -0.39 is 0 Å². The average molecular weight is 283 g/mol. The lowest BCUT2D eigenvalue weighted by Gasteiger charge is -2.33. The van der Waals surface area contributed by atoms with E-state index >= 15 is 0 Å². The Bertz CT molecular complexity index is 552. The Morgan fingerprint density at radius 2 is 1.80 bits per heavy atom. The Labute approximate surface area is 125 Å². The molecule has 104 valence electrons. The van der Waals surface area contributed by atoms with Crippen LogP contribution in [-0.4, -0.2) is 12.3 Å². The highest BCUT2D eigenvalue weighted by Crippen LogP contribution is 2.37. The van der Waals surface area contributed by atoms with E-state index in [4.69, 9.17) is 0 Å². The SMILES string of the molecule is CNC1c2ccccc2CCC1SCc1ccccc1. The van der Waals surface area contributed by atoms with Crippen molar-refractivity contribution in [1.29, 1.82) is 0 Å². The van der Waals surface area contributed by atoms with Crippen molar-refractivity contribution in [3.8, 4) is 0 Å². The largest absolute Gasteiger partial charge is 0.312 e. The zero-order valence-corrected chi connectivity index (χ0v) is 12.7. The standard InChI is InChI=1S/C18H21NS/c1-19-18-16-10-6-5-9-15(16)11-12-17(18)20-13-14-7-3-2-4-8-14/h2-10,17-19H,11-13H2,1H3. The quantitative estimate of drug-likeness (QED) is 0.902. The number of hydrogen-bond donors (Lipinski definition) is 1. The summed E-state index contributed by atoms with van der Waals surface area (Å²) in [6.45, 7) is 0. The molecule has 0 bridgehead atoms. The maximum atomic E-state index is 3.53. The maximum Gasteiger partial charge on any atom is 0.0441 e. The van der Waals surface area contributed by atoms with Gasteiger partial charge >= 0.3 is 0 Å². The van der Waals surface area contributed by atoms with Gasteiger partial charge in [0.25, 0.3) is 0 Å². The molecule has 0 saturated heterocycles. The first kappa shape index (κ1) is 13.7. The maximum absolute atomic E-state index is 3.53. The summed E-state index contributed by atoms with van der Waals surface area (Å²) in [5.41, 5.74) is 4.43. The summed E-state index contributed by atoms with van der Waals surface area (Å²) < 4.78 is 0. The lowest BCUT2D eigenvalue weighted by Crippen LogP contribution is -2.32. The van der Waals surface area contributed by atoms with E-state index in [1.54, 1.807) is 0 Å². The topological polar surface area (TPSA) is 12.0 Å². The average Bonchev–Trinajstić information content (AvgIpc) is 2.53. The zero-order valence-electron chi connectivity index (χ0n) is 11.9. The fourth-order valence-electron chi connectivity index (χ4n) is 3.03. The number of thioether (sulfide) groups is 1. The van der Waals surface area contributed by atoms with Crippen molar-refractivity contribution in [2.45, 2.75) is 29.9 Å². The molecule has 0 amide bonds. The molecule has 2 aromatic rings. The molecule has 2 heteroatoms. The van der Waals surface area contributed by atoms with Crippen LogP contribution in [0.5, 0.6) is 0 Å². The number of fused-ring (bicyclic) bond motifs is 1. The summed E-state index contributed by atoms with van der Waals surface area (Å²) in [5.74, 6) is 1.10. The minimum Gasteiger partial charge on any atom is -0.312 e. The summed E-state index contributed by atoms with van der Waals surface area (Å²) in [6.07, 6.45) is 2.47. The summed E-state index contributed by atoms with van der Waals surface area (Å²) >= 11 is 2.08. The summed E-state index contributed by atoms with van der Waals surface area (Å²) in [5, 5.41) is 4.19. The van der Waals surface area contributed by atoms with E-state index in [9.17, 15) is 0 Å². The van der Waals surface area contributed by atoms with Crippen molar-refractivity contribution < 1.29 is 0 Å². The zero-order chi connectivity index (χ0) is 13.8. The second-order valence-corrected chi connectivity index (χ2v) is 6.57. The van der Waals surface area contributed by atoms with E-state index in [-0.39, 0.29) is 0 Å². The van der Waals surface area contributed by atoms with Crippen molar-refractivity contribution in [3.05, 3.63) is 71.3 Å². The van der Waals surface area contributed by atoms with Crippen LogP contribution < -0.4 is 5.32 Å². The molecule has 2 atom stereocenters. The van der Waals surface area contributed by atoms with Crippen LogP contribution in [0.1, 0.15) is 29.2 Å². The minimum atomic E-state index is 0.480. The number of hydrogen-bond acceptors (Lipinski definition) is 2. The molecule has 0 aromatic heterocycles. The number of nitrogens with one attached hydrogen (secondary N) is 1. The lowest BCUT2D eigenvalue weighted by atomic mass is 9.87. The number of benzene rings is 2. The van der Waals surface area contributed by atoms with Crippen LogP contribution in [0.2, 0.25) is 0 Å². The summed E-state index contributed by atoms with van der Waals surface area (Å²) in [6, 6.07) is 20.1. The van der Waals surface area contributed by atoms with Crippen molar-refractivity contribution in [2.24, 2.45) is 0 Å². The van der Waals surface area contributed by atoms with E-state index in [1.807, 2.05) is 0 Å². The molecule has 0 fully saturated rings. The molecule has 1 aliphatic rings. The molecule has 0 spiro atoms. The van der Waals surface area contributed by atoms with E-state index in [0.717, 1.165) is 5.75 Å². The van der Waals surface area contributed by atoms with Crippen molar-refractivity contribution >= 4 is 11.8 Å². The highest BCUT2D eigenvalue weighted by molar-refractivity contribution is 7.99. The summed E-state index contributed by atoms with van der Waals surface area (Å²) in [7, 11) is 2.09. The third-order valence-corrected chi connectivity index (χ3v) is 5.51. The molecule has 0 aliphatic heterocycles. The second kappa shape index (κ2) is 6.47. The van der Waals surface area contributed by atoms with Gasteiger partial charge in [0.1, 0.15) is 0 Å². The van der Waals surface area contributed by atoms with Gasteiger partial charge in [0.15, 0.2) is 0 Å². The van der Waals surface area contributed by atoms with E-state index in [2.05, 4.69) is 78.7 Å². The van der Waals surface area contributed by atoms with Crippen LogP contribution in [0.4, 0.5) is 0 Å².